The third kappa shape index (κ3) is 4.20. The topological polar surface area (TPSA) is 107 Å². The summed E-state index contributed by atoms with van der Waals surface area (Å²) in [7, 11) is 0. The van der Waals surface area contributed by atoms with E-state index in [1.54, 1.807) is 36.4 Å². The summed E-state index contributed by atoms with van der Waals surface area (Å²) >= 11 is 0. The number of anilines is 1. The molecule has 3 N–H and O–H groups in total. The molecular formula is C15H15N3O4. The lowest BCUT2D eigenvalue weighted by Gasteiger charge is -2.09. The summed E-state index contributed by atoms with van der Waals surface area (Å²) in [5.74, 6) is -0.0379. The highest BCUT2D eigenvalue weighted by Crippen LogP contribution is 2.24. The van der Waals surface area contributed by atoms with Crippen LogP contribution in [-0.4, -0.2) is 17.4 Å². The van der Waals surface area contributed by atoms with Crippen LogP contribution in [0.5, 0.6) is 5.75 Å². The van der Waals surface area contributed by atoms with Crippen molar-refractivity contribution in [3.8, 4) is 5.75 Å². The molecule has 1 amide bonds. The van der Waals surface area contributed by atoms with Crippen molar-refractivity contribution in [2.45, 2.75) is 6.54 Å². The van der Waals surface area contributed by atoms with Crippen LogP contribution in [0.2, 0.25) is 0 Å². The van der Waals surface area contributed by atoms with Crippen LogP contribution >= 0.6 is 0 Å². The molecule has 114 valence electrons. The summed E-state index contributed by atoms with van der Waals surface area (Å²) < 4.78 is 5.21. The zero-order chi connectivity index (χ0) is 15.9. The van der Waals surface area contributed by atoms with Gasteiger partial charge in [0, 0.05) is 12.6 Å². The molecule has 0 unspecified atom stereocenters. The monoisotopic (exact) mass is 301 g/mol. The average molecular weight is 301 g/mol. The number of nitro groups is 1. The van der Waals surface area contributed by atoms with Crippen molar-refractivity contribution in [2.75, 3.05) is 11.9 Å². The van der Waals surface area contributed by atoms with Crippen LogP contribution in [0.25, 0.3) is 0 Å². The van der Waals surface area contributed by atoms with Gasteiger partial charge in [-0.1, -0.05) is 24.3 Å². The lowest BCUT2D eigenvalue weighted by molar-refractivity contribution is -0.384. The third-order valence-electron chi connectivity index (χ3n) is 2.86. The third-order valence-corrected chi connectivity index (χ3v) is 2.86. The Labute approximate surface area is 126 Å². The molecule has 2 aromatic rings. The van der Waals surface area contributed by atoms with Gasteiger partial charge in [0.05, 0.1) is 4.92 Å². The van der Waals surface area contributed by atoms with Gasteiger partial charge in [-0.2, -0.15) is 0 Å². The van der Waals surface area contributed by atoms with E-state index in [0.717, 1.165) is 5.56 Å². The van der Waals surface area contributed by atoms with Crippen molar-refractivity contribution in [1.82, 2.24) is 0 Å². The van der Waals surface area contributed by atoms with Gasteiger partial charge in [-0.15, -0.1) is 0 Å². The van der Waals surface area contributed by atoms with E-state index in [-0.39, 0.29) is 12.3 Å². The van der Waals surface area contributed by atoms with E-state index in [0.29, 0.717) is 18.0 Å². The zero-order valence-corrected chi connectivity index (χ0v) is 11.7. The van der Waals surface area contributed by atoms with E-state index in [1.165, 1.54) is 6.07 Å². The minimum absolute atomic E-state index is 0.0173. The van der Waals surface area contributed by atoms with E-state index in [2.05, 4.69) is 5.32 Å². The van der Waals surface area contributed by atoms with Crippen molar-refractivity contribution < 1.29 is 14.5 Å². The van der Waals surface area contributed by atoms with Gasteiger partial charge in [0.25, 0.3) is 11.6 Å². The Morgan fingerprint density at radius 1 is 1.23 bits per heavy atom. The Bertz CT molecular complexity index is 688. The Balaban J connectivity index is 2.04. The van der Waals surface area contributed by atoms with Gasteiger partial charge in [0.15, 0.2) is 6.61 Å². The van der Waals surface area contributed by atoms with Crippen LogP contribution in [0.15, 0.2) is 48.5 Å². The number of nitrogens with one attached hydrogen (secondary N) is 1. The molecule has 22 heavy (non-hydrogen) atoms. The van der Waals surface area contributed by atoms with Crippen LogP contribution in [0.3, 0.4) is 0 Å². The minimum Gasteiger partial charge on any atom is -0.484 e. The molecular weight excluding hydrogens is 286 g/mol. The molecule has 7 heteroatoms. The minimum atomic E-state index is -0.552. The maximum Gasteiger partial charge on any atom is 0.292 e. The molecule has 0 spiro atoms. The molecule has 0 saturated heterocycles. The van der Waals surface area contributed by atoms with Crippen LogP contribution in [0.4, 0.5) is 11.4 Å². The van der Waals surface area contributed by atoms with Gasteiger partial charge in [0.1, 0.15) is 11.4 Å². The summed E-state index contributed by atoms with van der Waals surface area (Å²) in [5, 5.41) is 14.0. The molecule has 2 rings (SSSR count). The molecule has 2 aromatic carbocycles. The fourth-order valence-corrected chi connectivity index (χ4v) is 1.88. The predicted octanol–water partition coefficient (Wildman–Crippen LogP) is 2.07. The van der Waals surface area contributed by atoms with Crippen LogP contribution in [-0.2, 0) is 11.3 Å². The van der Waals surface area contributed by atoms with Crippen molar-refractivity contribution in [1.29, 1.82) is 0 Å². The molecule has 0 aliphatic carbocycles. The first-order chi connectivity index (χ1) is 10.6. The smallest absolute Gasteiger partial charge is 0.292 e. The molecule has 0 fully saturated rings. The quantitative estimate of drug-likeness (QED) is 0.601. The summed E-state index contributed by atoms with van der Waals surface area (Å²) in [4.78, 5) is 21.2. The van der Waals surface area contributed by atoms with Crippen LogP contribution in [0.1, 0.15) is 5.56 Å². The molecule has 0 aliphatic rings. The van der Waals surface area contributed by atoms with Gasteiger partial charge in [-0.3, -0.25) is 14.9 Å². The summed E-state index contributed by atoms with van der Waals surface area (Å²) in [6.07, 6.45) is 0. The fourth-order valence-electron chi connectivity index (χ4n) is 1.88. The number of carbonyl (C=O) groups excluding carboxylic acids is 1. The number of hydrogen-bond acceptors (Lipinski definition) is 5. The number of nitro benzene ring substituents is 1. The highest BCUT2D eigenvalue weighted by Gasteiger charge is 2.11. The lowest BCUT2D eigenvalue weighted by atomic mass is 10.2. The van der Waals surface area contributed by atoms with Gasteiger partial charge < -0.3 is 15.8 Å². The van der Waals surface area contributed by atoms with E-state index in [4.69, 9.17) is 10.5 Å². The highest BCUT2D eigenvalue weighted by atomic mass is 16.6. The predicted molar refractivity (Wildman–Crippen MR) is 81.6 cm³/mol. The SMILES string of the molecule is NC(=O)COc1cccc(CNc2ccccc2[N+](=O)[O-])c1. The van der Waals surface area contributed by atoms with Crippen molar-refractivity contribution in [3.05, 3.63) is 64.2 Å². The van der Waals surface area contributed by atoms with Gasteiger partial charge >= 0.3 is 0 Å². The van der Waals surface area contributed by atoms with Gasteiger partial charge in [-0.05, 0) is 23.8 Å². The molecule has 0 heterocycles. The molecule has 0 saturated carbocycles. The number of primary amides is 1. The number of ether oxygens (including phenoxy) is 1. The van der Waals surface area contributed by atoms with E-state index in [9.17, 15) is 14.9 Å². The maximum atomic E-state index is 10.9. The Morgan fingerprint density at radius 2 is 2.00 bits per heavy atom. The number of carbonyl (C=O) groups is 1. The van der Waals surface area contributed by atoms with Crippen LogP contribution < -0.4 is 15.8 Å². The molecule has 0 aliphatic heterocycles. The second-order valence-corrected chi connectivity index (χ2v) is 4.53. The Kier molecular flexibility index (Phi) is 4.92. The number of hydrogen-bond donors (Lipinski definition) is 2. The molecule has 0 bridgehead atoms. The summed E-state index contributed by atoms with van der Waals surface area (Å²) in [5.41, 5.74) is 6.34. The Morgan fingerprint density at radius 3 is 2.73 bits per heavy atom. The van der Waals surface area contributed by atoms with E-state index >= 15 is 0 Å². The second-order valence-electron chi connectivity index (χ2n) is 4.53. The second kappa shape index (κ2) is 7.07. The average Bonchev–Trinajstić information content (AvgIpc) is 2.51. The largest absolute Gasteiger partial charge is 0.484 e. The molecule has 0 aromatic heterocycles. The first-order valence-electron chi connectivity index (χ1n) is 6.53. The van der Waals surface area contributed by atoms with Gasteiger partial charge in [0.2, 0.25) is 0 Å². The van der Waals surface area contributed by atoms with Crippen molar-refractivity contribution in [3.63, 3.8) is 0 Å². The number of amides is 1. The van der Waals surface area contributed by atoms with Crippen molar-refractivity contribution >= 4 is 17.3 Å². The molecule has 0 atom stereocenters. The number of nitrogens with zero attached hydrogens (tertiary/aromatic N) is 1. The highest BCUT2D eigenvalue weighted by molar-refractivity contribution is 5.75. The lowest BCUT2D eigenvalue weighted by Crippen LogP contribution is -2.20. The first kappa shape index (κ1) is 15.3. The molecule has 7 nitrogen and oxygen atoms in total. The van der Waals surface area contributed by atoms with Gasteiger partial charge in [-0.25, -0.2) is 0 Å². The Hall–Kier alpha value is -3.09. The van der Waals surface area contributed by atoms with E-state index in [1.807, 2.05) is 6.07 Å². The standard InChI is InChI=1S/C15H15N3O4/c16-15(19)10-22-12-5-3-4-11(8-12)9-17-13-6-1-2-7-14(13)18(20)21/h1-8,17H,9-10H2,(H2,16,19). The number of nitrogens with two attached hydrogens (primary N) is 1. The molecule has 0 radical (unpaired) electrons. The summed E-state index contributed by atoms with van der Waals surface area (Å²) in [6.45, 7) is 0.194. The van der Waals surface area contributed by atoms with Crippen molar-refractivity contribution in [2.24, 2.45) is 5.73 Å². The summed E-state index contributed by atoms with van der Waals surface area (Å²) in [6, 6.07) is 13.5. The zero-order valence-electron chi connectivity index (χ0n) is 11.7. The number of para-hydroxylation sites is 2. The maximum absolute atomic E-state index is 10.9. The first-order valence-corrected chi connectivity index (χ1v) is 6.53. The fraction of sp³-hybridized carbons (Fsp3) is 0.133. The number of benzene rings is 2. The van der Waals surface area contributed by atoms with Crippen LogP contribution in [0, 0.1) is 10.1 Å². The normalized spacial score (nSPS) is 10.0. The number of rotatable bonds is 7. The van der Waals surface area contributed by atoms with E-state index < -0.39 is 10.8 Å².